The van der Waals surface area contributed by atoms with Gasteiger partial charge in [-0.15, -0.1) is 0 Å². The maximum absolute atomic E-state index is 13.5. The Kier molecular flexibility index (Phi) is 3.34. The minimum absolute atomic E-state index is 0.0916. The lowest BCUT2D eigenvalue weighted by atomic mass is 10.1. The summed E-state index contributed by atoms with van der Waals surface area (Å²) in [5, 5.41) is 0.625. The SMILES string of the molecule is O=C(CCC1CCCO1)c1cc2cccc(F)c2o1. The average molecular weight is 262 g/mol. The standard InChI is InChI=1S/C15H15FO3/c16-12-5-1-3-10-9-14(19-15(10)12)13(17)7-6-11-4-2-8-18-11/h1,3,5,9,11H,2,4,6-8H2. The summed E-state index contributed by atoms with van der Waals surface area (Å²) >= 11 is 0. The highest BCUT2D eigenvalue weighted by molar-refractivity contribution is 5.97. The van der Waals surface area contributed by atoms with Crippen molar-refractivity contribution in [3.8, 4) is 0 Å². The lowest BCUT2D eigenvalue weighted by Gasteiger charge is -2.06. The normalized spacial score (nSPS) is 19.1. The lowest BCUT2D eigenvalue weighted by molar-refractivity contribution is 0.0841. The summed E-state index contributed by atoms with van der Waals surface area (Å²) in [6.45, 7) is 0.786. The number of hydrogen-bond donors (Lipinski definition) is 0. The Hall–Kier alpha value is -1.68. The van der Waals surface area contributed by atoms with Crippen molar-refractivity contribution in [1.82, 2.24) is 0 Å². The third kappa shape index (κ3) is 2.54. The largest absolute Gasteiger partial charge is 0.450 e. The molecule has 0 N–H and O–H groups in total. The van der Waals surface area contributed by atoms with Crippen LogP contribution in [0.25, 0.3) is 11.0 Å². The topological polar surface area (TPSA) is 39.4 Å². The van der Waals surface area contributed by atoms with Gasteiger partial charge in [0.1, 0.15) is 0 Å². The van der Waals surface area contributed by atoms with Crippen molar-refractivity contribution in [2.45, 2.75) is 31.8 Å². The van der Waals surface area contributed by atoms with Gasteiger partial charge in [-0.2, -0.15) is 0 Å². The molecule has 0 bridgehead atoms. The van der Waals surface area contributed by atoms with Crippen LogP contribution in [0.5, 0.6) is 0 Å². The van der Waals surface area contributed by atoms with Gasteiger partial charge in [-0.1, -0.05) is 12.1 Å². The van der Waals surface area contributed by atoms with E-state index in [1.54, 1.807) is 18.2 Å². The molecule has 0 radical (unpaired) electrons. The van der Waals surface area contributed by atoms with Gasteiger partial charge >= 0.3 is 0 Å². The molecular weight excluding hydrogens is 247 g/mol. The van der Waals surface area contributed by atoms with Crippen LogP contribution in [0.15, 0.2) is 28.7 Å². The van der Waals surface area contributed by atoms with E-state index in [0.717, 1.165) is 19.4 Å². The first-order valence-electron chi connectivity index (χ1n) is 6.57. The summed E-state index contributed by atoms with van der Waals surface area (Å²) < 4.78 is 24.3. The van der Waals surface area contributed by atoms with Crippen molar-refractivity contribution in [1.29, 1.82) is 0 Å². The number of halogens is 1. The number of ketones is 1. The molecule has 0 spiro atoms. The molecule has 1 aromatic carbocycles. The molecule has 3 rings (SSSR count). The van der Waals surface area contributed by atoms with Crippen LogP contribution in [-0.4, -0.2) is 18.5 Å². The predicted molar refractivity (Wildman–Crippen MR) is 68.7 cm³/mol. The van der Waals surface area contributed by atoms with E-state index < -0.39 is 5.82 Å². The maximum Gasteiger partial charge on any atom is 0.198 e. The first-order valence-corrected chi connectivity index (χ1v) is 6.57. The molecule has 1 fully saturated rings. The molecule has 1 aliphatic rings. The number of carbonyl (C=O) groups is 1. The van der Waals surface area contributed by atoms with Crippen molar-refractivity contribution in [3.05, 3.63) is 35.8 Å². The average Bonchev–Trinajstić information content (AvgIpc) is 3.05. The molecule has 19 heavy (non-hydrogen) atoms. The van der Waals surface area contributed by atoms with Crippen LogP contribution in [0.1, 0.15) is 36.2 Å². The van der Waals surface area contributed by atoms with Crippen LogP contribution < -0.4 is 0 Å². The third-order valence-corrected chi connectivity index (χ3v) is 3.49. The highest BCUT2D eigenvalue weighted by atomic mass is 19.1. The molecule has 3 nitrogen and oxygen atoms in total. The van der Waals surface area contributed by atoms with E-state index in [0.29, 0.717) is 18.2 Å². The van der Waals surface area contributed by atoms with Gasteiger partial charge in [-0.25, -0.2) is 4.39 Å². The Balaban J connectivity index is 1.72. The third-order valence-electron chi connectivity index (χ3n) is 3.49. The molecule has 2 aromatic rings. The van der Waals surface area contributed by atoms with Crippen LogP contribution in [0.4, 0.5) is 4.39 Å². The number of Topliss-reactive ketones (excluding diaryl/α,β-unsaturated/α-hetero) is 1. The Morgan fingerprint density at radius 3 is 3.05 bits per heavy atom. The quantitative estimate of drug-likeness (QED) is 0.788. The van der Waals surface area contributed by atoms with Gasteiger partial charge in [0.05, 0.1) is 6.10 Å². The molecule has 0 aliphatic carbocycles. The highest BCUT2D eigenvalue weighted by Crippen LogP contribution is 2.24. The van der Waals surface area contributed by atoms with Gasteiger partial charge in [0.25, 0.3) is 0 Å². The van der Waals surface area contributed by atoms with Gasteiger partial charge in [0, 0.05) is 18.4 Å². The predicted octanol–water partition coefficient (Wildman–Crippen LogP) is 3.71. The van der Waals surface area contributed by atoms with Crippen molar-refractivity contribution in [2.24, 2.45) is 0 Å². The maximum atomic E-state index is 13.5. The van der Waals surface area contributed by atoms with Crippen molar-refractivity contribution in [3.63, 3.8) is 0 Å². The van der Waals surface area contributed by atoms with Crippen molar-refractivity contribution < 1.29 is 18.3 Å². The van der Waals surface area contributed by atoms with Crippen molar-refractivity contribution >= 4 is 16.8 Å². The molecule has 1 aliphatic heterocycles. The molecule has 1 aromatic heterocycles. The first-order chi connectivity index (χ1) is 9.24. The number of para-hydroxylation sites is 1. The van der Waals surface area contributed by atoms with Crippen LogP contribution in [-0.2, 0) is 4.74 Å². The molecule has 0 saturated carbocycles. The van der Waals surface area contributed by atoms with Crippen molar-refractivity contribution in [2.75, 3.05) is 6.61 Å². The minimum atomic E-state index is -0.435. The summed E-state index contributed by atoms with van der Waals surface area (Å²) in [6.07, 6.45) is 3.35. The van der Waals surface area contributed by atoms with Crippen LogP contribution in [0.3, 0.4) is 0 Å². The molecule has 1 unspecified atom stereocenters. The monoisotopic (exact) mass is 262 g/mol. The van der Waals surface area contributed by atoms with E-state index in [-0.39, 0.29) is 23.2 Å². The Bertz CT molecular complexity index is 596. The van der Waals surface area contributed by atoms with Crippen LogP contribution in [0.2, 0.25) is 0 Å². The number of benzene rings is 1. The van der Waals surface area contributed by atoms with E-state index in [9.17, 15) is 9.18 Å². The Morgan fingerprint density at radius 1 is 1.42 bits per heavy atom. The second-order valence-corrected chi connectivity index (χ2v) is 4.87. The van der Waals surface area contributed by atoms with E-state index in [1.807, 2.05) is 0 Å². The van der Waals surface area contributed by atoms with Crippen LogP contribution >= 0.6 is 0 Å². The molecule has 0 amide bonds. The van der Waals surface area contributed by atoms with Gasteiger partial charge in [0.15, 0.2) is 22.9 Å². The fourth-order valence-corrected chi connectivity index (χ4v) is 2.45. The molecule has 100 valence electrons. The molecule has 2 heterocycles. The molecule has 4 heteroatoms. The molecule has 1 atom stereocenters. The van der Waals surface area contributed by atoms with Gasteiger partial charge in [-0.3, -0.25) is 4.79 Å². The zero-order valence-electron chi connectivity index (χ0n) is 10.5. The van der Waals surface area contributed by atoms with E-state index in [2.05, 4.69) is 0 Å². The van der Waals surface area contributed by atoms with Gasteiger partial charge < -0.3 is 9.15 Å². The van der Waals surface area contributed by atoms with Crippen LogP contribution in [0, 0.1) is 5.82 Å². The zero-order valence-corrected chi connectivity index (χ0v) is 10.5. The fraction of sp³-hybridized carbons (Fsp3) is 0.400. The number of rotatable bonds is 4. The van der Waals surface area contributed by atoms with E-state index in [1.165, 1.54) is 6.07 Å². The summed E-state index contributed by atoms with van der Waals surface area (Å²) in [6, 6.07) is 6.27. The smallest absolute Gasteiger partial charge is 0.198 e. The lowest BCUT2D eigenvalue weighted by Crippen LogP contribution is -2.08. The number of furan rings is 1. The zero-order chi connectivity index (χ0) is 13.2. The fourth-order valence-electron chi connectivity index (χ4n) is 2.45. The minimum Gasteiger partial charge on any atom is -0.450 e. The Labute approximate surface area is 110 Å². The summed E-state index contributed by atoms with van der Waals surface area (Å²) in [5.74, 6) is -0.292. The highest BCUT2D eigenvalue weighted by Gasteiger charge is 2.19. The second-order valence-electron chi connectivity index (χ2n) is 4.87. The van der Waals surface area contributed by atoms with Gasteiger partial charge in [-0.05, 0) is 31.4 Å². The Morgan fingerprint density at radius 2 is 2.32 bits per heavy atom. The second kappa shape index (κ2) is 5.13. The van der Waals surface area contributed by atoms with E-state index >= 15 is 0 Å². The number of fused-ring (bicyclic) bond motifs is 1. The number of hydrogen-bond acceptors (Lipinski definition) is 3. The number of ether oxygens (including phenoxy) is 1. The molecule has 1 saturated heterocycles. The summed E-state index contributed by atoms with van der Waals surface area (Å²) in [4.78, 5) is 12.0. The molecular formula is C15H15FO3. The number of carbonyl (C=O) groups excluding carboxylic acids is 1. The summed E-state index contributed by atoms with van der Waals surface area (Å²) in [7, 11) is 0. The van der Waals surface area contributed by atoms with Gasteiger partial charge in [0.2, 0.25) is 0 Å². The first kappa shape index (κ1) is 12.4. The summed E-state index contributed by atoms with van der Waals surface area (Å²) in [5.41, 5.74) is 0.156. The van der Waals surface area contributed by atoms with E-state index in [4.69, 9.17) is 9.15 Å².